The maximum absolute atomic E-state index is 12.0. The molecule has 130 valence electrons. The Labute approximate surface area is 151 Å². The molecule has 1 N–H and O–H groups in total. The summed E-state index contributed by atoms with van der Waals surface area (Å²) in [6.45, 7) is 6.38. The fourth-order valence-corrected chi connectivity index (χ4v) is 2.51. The molecule has 8 heteroatoms. The zero-order valence-electron chi connectivity index (χ0n) is 14.2. The van der Waals surface area contributed by atoms with Gasteiger partial charge < -0.3 is 9.73 Å². The van der Waals surface area contributed by atoms with Crippen LogP contribution in [0.5, 0.6) is 0 Å². The fourth-order valence-electron chi connectivity index (χ4n) is 2.12. The molecule has 1 aromatic heterocycles. The predicted molar refractivity (Wildman–Crippen MR) is 96.3 cm³/mol. The lowest BCUT2D eigenvalue weighted by Crippen LogP contribution is -2.45. The number of carbonyl (C=O) groups is 1. The van der Waals surface area contributed by atoms with Crippen molar-refractivity contribution in [1.29, 1.82) is 0 Å². The number of halogens is 1. The van der Waals surface area contributed by atoms with Crippen LogP contribution in [0.1, 0.15) is 20.8 Å². The van der Waals surface area contributed by atoms with Crippen LogP contribution < -0.4 is 5.32 Å². The van der Waals surface area contributed by atoms with E-state index in [9.17, 15) is 4.79 Å². The second-order valence-corrected chi connectivity index (χ2v) is 7.36. The summed E-state index contributed by atoms with van der Waals surface area (Å²) < 4.78 is 7.05. The number of hydrogen-bond acceptors (Lipinski definition) is 5. The number of nitrogens with zero attached hydrogens (tertiary/aromatic N) is 3. The second kappa shape index (κ2) is 7.46. The molecule has 0 radical (unpaired) electrons. The van der Waals surface area contributed by atoms with Gasteiger partial charge in [0, 0.05) is 5.54 Å². The van der Waals surface area contributed by atoms with E-state index in [-0.39, 0.29) is 22.8 Å². The van der Waals surface area contributed by atoms with Gasteiger partial charge in [-0.3, -0.25) is 9.69 Å². The number of aromatic nitrogens is 2. The Morgan fingerprint density at radius 2 is 2.08 bits per heavy atom. The van der Waals surface area contributed by atoms with Gasteiger partial charge in [-0.1, -0.05) is 23.7 Å². The Hall–Kier alpha value is -1.70. The van der Waals surface area contributed by atoms with E-state index in [1.807, 2.05) is 46.0 Å². The first-order valence-corrected chi connectivity index (χ1v) is 8.27. The van der Waals surface area contributed by atoms with Crippen molar-refractivity contribution < 1.29 is 9.21 Å². The van der Waals surface area contributed by atoms with Gasteiger partial charge in [-0.15, -0.1) is 5.10 Å². The number of rotatable bonds is 5. The highest BCUT2D eigenvalue weighted by Gasteiger charge is 2.17. The summed E-state index contributed by atoms with van der Waals surface area (Å²) in [5.41, 5.74) is 0.413. The highest BCUT2D eigenvalue weighted by Crippen LogP contribution is 2.26. The third kappa shape index (κ3) is 5.15. The SMILES string of the molecule is CN(CC(=O)NC(C)(C)C)Cn1nc(-c2ccccc2Cl)oc1=S. The molecule has 24 heavy (non-hydrogen) atoms. The van der Waals surface area contributed by atoms with Crippen molar-refractivity contribution in [2.45, 2.75) is 33.0 Å². The van der Waals surface area contributed by atoms with E-state index in [0.717, 1.165) is 0 Å². The minimum atomic E-state index is -0.265. The van der Waals surface area contributed by atoms with Gasteiger partial charge in [0.1, 0.15) is 0 Å². The highest BCUT2D eigenvalue weighted by molar-refractivity contribution is 7.71. The van der Waals surface area contributed by atoms with Gasteiger partial charge >= 0.3 is 0 Å². The van der Waals surface area contributed by atoms with E-state index < -0.39 is 0 Å². The normalized spacial score (nSPS) is 11.8. The molecular formula is C16H21ClN4O2S. The Bertz CT molecular complexity index is 779. The predicted octanol–water partition coefficient (Wildman–Crippen LogP) is 3.33. The van der Waals surface area contributed by atoms with Crippen LogP contribution in [-0.2, 0) is 11.5 Å². The first kappa shape index (κ1) is 18.6. The van der Waals surface area contributed by atoms with Crippen molar-refractivity contribution >= 4 is 29.7 Å². The maximum atomic E-state index is 12.0. The molecule has 0 atom stereocenters. The van der Waals surface area contributed by atoms with Gasteiger partial charge in [-0.05, 0) is 52.2 Å². The minimum absolute atomic E-state index is 0.0636. The second-order valence-electron chi connectivity index (χ2n) is 6.61. The quantitative estimate of drug-likeness (QED) is 0.820. The summed E-state index contributed by atoms with van der Waals surface area (Å²) in [6.07, 6.45) is 0. The summed E-state index contributed by atoms with van der Waals surface area (Å²) in [4.78, 5) is 14.0. The Morgan fingerprint density at radius 3 is 2.71 bits per heavy atom. The average Bonchev–Trinajstić information content (AvgIpc) is 2.77. The molecule has 1 amide bonds. The molecular weight excluding hydrogens is 348 g/mol. The summed E-state index contributed by atoms with van der Waals surface area (Å²) in [5.74, 6) is 0.296. The van der Waals surface area contributed by atoms with Crippen molar-refractivity contribution in [2.24, 2.45) is 0 Å². The van der Waals surface area contributed by atoms with Crippen LogP contribution >= 0.6 is 23.8 Å². The topological polar surface area (TPSA) is 63.3 Å². The monoisotopic (exact) mass is 368 g/mol. The molecule has 1 heterocycles. The molecule has 0 saturated heterocycles. The third-order valence-electron chi connectivity index (χ3n) is 3.01. The first-order chi connectivity index (χ1) is 11.2. The van der Waals surface area contributed by atoms with E-state index in [2.05, 4.69) is 10.4 Å². The van der Waals surface area contributed by atoms with Gasteiger partial charge in [-0.2, -0.15) is 0 Å². The van der Waals surface area contributed by atoms with Crippen molar-refractivity contribution in [3.63, 3.8) is 0 Å². The van der Waals surface area contributed by atoms with Crippen molar-refractivity contribution in [3.8, 4) is 11.5 Å². The highest BCUT2D eigenvalue weighted by atomic mass is 35.5. The summed E-state index contributed by atoms with van der Waals surface area (Å²) >= 11 is 11.3. The van der Waals surface area contributed by atoms with Crippen LogP contribution in [0.15, 0.2) is 28.7 Å². The van der Waals surface area contributed by atoms with E-state index in [1.165, 1.54) is 4.68 Å². The molecule has 0 aliphatic rings. The van der Waals surface area contributed by atoms with Crippen molar-refractivity contribution in [1.82, 2.24) is 20.0 Å². The largest absolute Gasteiger partial charge is 0.409 e. The average molecular weight is 369 g/mol. The number of nitrogens with one attached hydrogen (secondary N) is 1. The maximum Gasteiger partial charge on any atom is 0.288 e. The molecule has 0 unspecified atom stereocenters. The third-order valence-corrected chi connectivity index (χ3v) is 3.64. The van der Waals surface area contributed by atoms with Crippen LogP contribution in [0.3, 0.4) is 0 Å². The van der Waals surface area contributed by atoms with Gasteiger partial charge in [0.25, 0.3) is 4.84 Å². The minimum Gasteiger partial charge on any atom is -0.409 e. The van der Waals surface area contributed by atoms with Gasteiger partial charge in [0.15, 0.2) is 0 Å². The summed E-state index contributed by atoms with van der Waals surface area (Å²) in [6, 6.07) is 7.26. The van der Waals surface area contributed by atoms with E-state index >= 15 is 0 Å². The van der Waals surface area contributed by atoms with E-state index in [4.69, 9.17) is 28.2 Å². The van der Waals surface area contributed by atoms with Crippen LogP contribution in [0, 0.1) is 4.84 Å². The molecule has 0 spiro atoms. The van der Waals surface area contributed by atoms with Gasteiger partial charge in [0.05, 0.1) is 23.8 Å². The zero-order valence-corrected chi connectivity index (χ0v) is 15.7. The lowest BCUT2D eigenvalue weighted by Gasteiger charge is -2.23. The van der Waals surface area contributed by atoms with Crippen LogP contribution in [0.25, 0.3) is 11.5 Å². The molecule has 0 aliphatic carbocycles. The molecule has 0 saturated carbocycles. The molecule has 1 aromatic carbocycles. The van der Waals surface area contributed by atoms with E-state index in [0.29, 0.717) is 23.1 Å². The Morgan fingerprint density at radius 1 is 1.42 bits per heavy atom. The first-order valence-electron chi connectivity index (χ1n) is 7.48. The molecule has 6 nitrogen and oxygen atoms in total. The van der Waals surface area contributed by atoms with Crippen molar-refractivity contribution in [3.05, 3.63) is 34.1 Å². The summed E-state index contributed by atoms with van der Waals surface area (Å²) in [5, 5.41) is 7.80. The molecule has 2 rings (SSSR count). The Balaban J connectivity index is 2.07. The summed E-state index contributed by atoms with van der Waals surface area (Å²) in [7, 11) is 1.81. The molecule has 0 bridgehead atoms. The standard InChI is InChI=1S/C16H21ClN4O2S/c1-16(2,3)18-13(22)9-20(4)10-21-15(24)23-14(19-21)11-7-5-6-8-12(11)17/h5-8H,9-10H2,1-4H3,(H,18,22). The van der Waals surface area contributed by atoms with Crippen LogP contribution in [-0.4, -0.2) is 39.7 Å². The van der Waals surface area contributed by atoms with Crippen molar-refractivity contribution in [2.75, 3.05) is 13.6 Å². The number of amides is 1. The number of likely N-dealkylation sites (N-methyl/N-ethyl adjacent to an activating group) is 1. The number of benzene rings is 1. The van der Waals surface area contributed by atoms with Crippen LogP contribution in [0.2, 0.25) is 5.02 Å². The zero-order chi connectivity index (χ0) is 17.9. The van der Waals surface area contributed by atoms with E-state index in [1.54, 1.807) is 11.0 Å². The number of hydrogen-bond donors (Lipinski definition) is 1. The lowest BCUT2D eigenvalue weighted by atomic mass is 10.1. The van der Waals surface area contributed by atoms with Gasteiger partial charge in [-0.25, -0.2) is 4.68 Å². The molecule has 0 fully saturated rings. The van der Waals surface area contributed by atoms with Crippen LogP contribution in [0.4, 0.5) is 0 Å². The molecule has 0 aliphatic heterocycles. The number of carbonyl (C=O) groups excluding carboxylic acids is 1. The Kier molecular flexibility index (Phi) is 5.79. The fraction of sp³-hybridized carbons (Fsp3) is 0.438. The molecule has 2 aromatic rings. The van der Waals surface area contributed by atoms with Gasteiger partial charge in [0.2, 0.25) is 11.8 Å². The lowest BCUT2D eigenvalue weighted by molar-refractivity contribution is -0.123. The smallest absolute Gasteiger partial charge is 0.288 e.